The molecule has 0 aromatic heterocycles. The minimum atomic E-state index is -0.239. The second kappa shape index (κ2) is 20.2. The topological polar surface area (TPSA) is 129 Å². The van der Waals surface area contributed by atoms with E-state index in [1.165, 1.54) is 12.1 Å². The van der Waals surface area contributed by atoms with Crippen molar-refractivity contribution in [3.8, 4) is 34.1 Å². The van der Waals surface area contributed by atoms with Gasteiger partial charge in [0.25, 0.3) is 0 Å². The molecule has 1 aliphatic carbocycles. The smallest absolute Gasteiger partial charge is 0.306 e. The largest absolute Gasteiger partial charge is 0.504 e. The van der Waals surface area contributed by atoms with E-state index in [1.807, 2.05) is 30.3 Å². The number of hydrogen-bond donors (Lipinski definition) is 2. The van der Waals surface area contributed by atoms with E-state index in [4.69, 9.17) is 18.9 Å². The van der Waals surface area contributed by atoms with Gasteiger partial charge in [-0.3, -0.25) is 14.4 Å². The number of phenolic OH excluding ortho intramolecular Hbond substituents is 2. The van der Waals surface area contributed by atoms with Gasteiger partial charge in [-0.25, -0.2) is 0 Å². The van der Waals surface area contributed by atoms with Crippen molar-refractivity contribution in [1.29, 1.82) is 0 Å². The Morgan fingerprint density at radius 2 is 1.42 bits per heavy atom. The van der Waals surface area contributed by atoms with Gasteiger partial charge in [0.2, 0.25) is 0 Å². The number of hydrogen-bond acceptors (Lipinski definition) is 9. The lowest BCUT2D eigenvalue weighted by Crippen LogP contribution is -2.11. The van der Waals surface area contributed by atoms with Gasteiger partial charge in [0, 0.05) is 24.3 Å². The molecular formula is C41H52O9. The zero-order valence-corrected chi connectivity index (χ0v) is 29.5. The molecule has 1 aliphatic rings. The molecule has 0 amide bonds. The van der Waals surface area contributed by atoms with E-state index in [0.29, 0.717) is 62.6 Å². The van der Waals surface area contributed by atoms with Crippen LogP contribution in [0.3, 0.4) is 0 Å². The van der Waals surface area contributed by atoms with E-state index in [0.717, 1.165) is 80.2 Å². The molecular weight excluding hydrogens is 636 g/mol. The number of phenols is 2. The molecule has 1 saturated carbocycles. The zero-order valence-electron chi connectivity index (χ0n) is 29.5. The van der Waals surface area contributed by atoms with Crippen LogP contribution < -0.4 is 9.47 Å². The lowest BCUT2D eigenvalue weighted by Gasteiger charge is -2.16. The molecule has 0 heterocycles. The van der Waals surface area contributed by atoms with Gasteiger partial charge in [-0.15, -0.1) is 0 Å². The molecule has 4 rings (SSSR count). The number of rotatable bonds is 21. The number of benzene rings is 3. The third-order valence-electron chi connectivity index (χ3n) is 9.04. The Morgan fingerprint density at radius 1 is 0.700 bits per heavy atom. The van der Waals surface area contributed by atoms with Crippen molar-refractivity contribution in [2.45, 2.75) is 97.3 Å². The van der Waals surface area contributed by atoms with Gasteiger partial charge in [-0.2, -0.15) is 0 Å². The summed E-state index contributed by atoms with van der Waals surface area (Å²) < 4.78 is 22.4. The molecule has 0 saturated heterocycles. The molecule has 0 bridgehead atoms. The molecule has 3 aromatic rings. The molecule has 1 fully saturated rings. The van der Waals surface area contributed by atoms with Gasteiger partial charge in [0.05, 0.1) is 26.4 Å². The minimum absolute atomic E-state index is 0.0283. The van der Waals surface area contributed by atoms with Crippen molar-refractivity contribution in [3.63, 3.8) is 0 Å². The first-order valence-electron chi connectivity index (χ1n) is 18.2. The van der Waals surface area contributed by atoms with Crippen molar-refractivity contribution in [2.75, 3.05) is 26.4 Å². The second-order valence-electron chi connectivity index (χ2n) is 12.8. The van der Waals surface area contributed by atoms with Gasteiger partial charge >= 0.3 is 11.9 Å². The summed E-state index contributed by atoms with van der Waals surface area (Å²) in [5, 5.41) is 19.9. The van der Waals surface area contributed by atoms with Gasteiger partial charge in [-0.1, -0.05) is 43.9 Å². The molecule has 0 unspecified atom stereocenters. The molecule has 50 heavy (non-hydrogen) atoms. The summed E-state index contributed by atoms with van der Waals surface area (Å²) in [6, 6.07) is 16.2. The fourth-order valence-electron chi connectivity index (χ4n) is 6.44. The van der Waals surface area contributed by atoms with Gasteiger partial charge < -0.3 is 29.2 Å². The van der Waals surface area contributed by atoms with Gasteiger partial charge in [0.1, 0.15) is 11.5 Å². The lowest BCUT2D eigenvalue weighted by atomic mass is 9.93. The summed E-state index contributed by atoms with van der Waals surface area (Å²) in [4.78, 5) is 37.2. The Bertz CT molecular complexity index is 1560. The number of carbonyl (C=O) groups excluding carboxylic acids is 3. The predicted octanol–water partition coefficient (Wildman–Crippen LogP) is 8.54. The summed E-state index contributed by atoms with van der Waals surface area (Å²) in [6.07, 6.45) is 10.2. The maximum absolute atomic E-state index is 13.3. The number of Topliss-reactive ketones (excluding diaryl/α,β-unsaturated/α-hetero) is 1. The van der Waals surface area contributed by atoms with Crippen molar-refractivity contribution in [2.24, 2.45) is 5.92 Å². The highest BCUT2D eigenvalue weighted by Crippen LogP contribution is 2.35. The van der Waals surface area contributed by atoms with E-state index in [9.17, 15) is 24.6 Å². The number of ether oxygens (including phenoxy) is 4. The Kier molecular flexibility index (Phi) is 15.5. The first kappa shape index (κ1) is 38.3. The Morgan fingerprint density at radius 3 is 2.16 bits per heavy atom. The van der Waals surface area contributed by atoms with E-state index >= 15 is 0 Å². The summed E-state index contributed by atoms with van der Waals surface area (Å²) in [5.41, 5.74) is 4.21. The summed E-state index contributed by atoms with van der Waals surface area (Å²) in [5.74, 6) is 0.624. The summed E-state index contributed by atoms with van der Waals surface area (Å²) in [7, 11) is 0. The van der Waals surface area contributed by atoms with Crippen LogP contribution in [0.5, 0.6) is 23.0 Å². The van der Waals surface area contributed by atoms with Crippen LogP contribution in [0.2, 0.25) is 0 Å². The zero-order chi connectivity index (χ0) is 35.7. The highest BCUT2D eigenvalue weighted by Gasteiger charge is 2.25. The van der Waals surface area contributed by atoms with Crippen LogP contribution in [0.4, 0.5) is 0 Å². The van der Waals surface area contributed by atoms with Crippen LogP contribution in [-0.2, 0) is 31.9 Å². The normalized spacial score (nSPS) is 12.8. The average molecular weight is 689 g/mol. The number of aryl methyl sites for hydroxylation is 1. The van der Waals surface area contributed by atoms with Crippen LogP contribution in [0.25, 0.3) is 11.1 Å². The molecule has 3 aromatic carbocycles. The molecule has 0 spiro atoms. The van der Waals surface area contributed by atoms with E-state index in [-0.39, 0.29) is 41.6 Å². The van der Waals surface area contributed by atoms with E-state index in [1.54, 1.807) is 19.9 Å². The number of esters is 2. The SMILES string of the molecule is CCOC(=O)CCCOc1cccc(CCCCCCOc2cc(C(=O)C3CCCC3)cc(-c3ccc(O)c(O)c3)c2)c1CCC(=O)OCC. The molecule has 9 heteroatoms. The van der Waals surface area contributed by atoms with Crippen LogP contribution in [0.1, 0.15) is 106 Å². The monoisotopic (exact) mass is 688 g/mol. The Balaban J connectivity index is 1.32. The third-order valence-corrected chi connectivity index (χ3v) is 9.04. The van der Waals surface area contributed by atoms with Crippen LogP contribution in [0.15, 0.2) is 54.6 Å². The first-order valence-corrected chi connectivity index (χ1v) is 18.2. The van der Waals surface area contributed by atoms with Crippen molar-refractivity contribution in [1.82, 2.24) is 0 Å². The predicted molar refractivity (Wildman–Crippen MR) is 192 cm³/mol. The molecule has 270 valence electrons. The molecule has 0 radical (unpaired) electrons. The van der Waals surface area contributed by atoms with Crippen LogP contribution in [0, 0.1) is 5.92 Å². The number of unbranched alkanes of at least 4 members (excludes halogenated alkanes) is 3. The average Bonchev–Trinajstić information content (AvgIpc) is 3.65. The first-order chi connectivity index (χ1) is 24.3. The summed E-state index contributed by atoms with van der Waals surface area (Å²) in [6.45, 7) is 5.17. The fraction of sp³-hybridized carbons (Fsp3) is 0.488. The Hall–Kier alpha value is -4.53. The Labute approximate surface area is 295 Å². The standard InChI is InChI=1S/C41H52O9/c1-3-47-39(44)18-12-24-50-38-17-11-16-29(35(38)20-22-40(45)48-4-2)13-7-5-6-10-23-49-34-26-32(31-19-21-36(42)37(43)28-31)25-33(27-34)41(46)30-14-8-9-15-30/h11,16-17,19,21,25-28,30,42-43H,3-10,12-15,18,20,22-24H2,1-2H3. The number of ketones is 1. The maximum Gasteiger partial charge on any atom is 0.306 e. The molecule has 2 N–H and O–H groups in total. The van der Waals surface area contributed by atoms with Crippen molar-refractivity contribution in [3.05, 3.63) is 71.3 Å². The lowest BCUT2D eigenvalue weighted by molar-refractivity contribution is -0.144. The quantitative estimate of drug-likeness (QED) is 0.0490. The van der Waals surface area contributed by atoms with E-state index in [2.05, 4.69) is 6.07 Å². The minimum Gasteiger partial charge on any atom is -0.504 e. The van der Waals surface area contributed by atoms with Crippen LogP contribution in [-0.4, -0.2) is 54.4 Å². The van der Waals surface area contributed by atoms with E-state index < -0.39 is 0 Å². The third kappa shape index (κ3) is 11.8. The number of carbonyl (C=O) groups is 3. The van der Waals surface area contributed by atoms with Crippen LogP contribution >= 0.6 is 0 Å². The highest BCUT2D eigenvalue weighted by atomic mass is 16.5. The van der Waals surface area contributed by atoms with Crippen molar-refractivity contribution < 1.29 is 43.5 Å². The molecule has 0 atom stereocenters. The summed E-state index contributed by atoms with van der Waals surface area (Å²) >= 11 is 0. The second-order valence-corrected chi connectivity index (χ2v) is 12.8. The maximum atomic E-state index is 13.3. The molecule has 9 nitrogen and oxygen atoms in total. The number of aromatic hydroxyl groups is 2. The van der Waals surface area contributed by atoms with Gasteiger partial charge in [0.15, 0.2) is 17.3 Å². The fourth-order valence-corrected chi connectivity index (χ4v) is 6.44. The highest BCUT2D eigenvalue weighted by molar-refractivity contribution is 5.99. The van der Waals surface area contributed by atoms with Crippen molar-refractivity contribution >= 4 is 17.7 Å². The molecule has 0 aliphatic heterocycles. The van der Waals surface area contributed by atoms with Gasteiger partial charge in [-0.05, 0) is 117 Å².